The molecule has 4 aromatic rings. The molecule has 0 bridgehead atoms. The number of aryl methyl sites for hydroxylation is 1. The van der Waals surface area contributed by atoms with E-state index in [0.29, 0.717) is 26.4 Å². The molecule has 0 saturated heterocycles. The molecule has 160 valence electrons. The number of carbonyl (C=O) groups excluding carboxylic acids is 2. The van der Waals surface area contributed by atoms with Gasteiger partial charge in [0.2, 0.25) is 5.78 Å². The molecule has 0 aliphatic heterocycles. The number of halogens is 2. The van der Waals surface area contributed by atoms with Crippen LogP contribution >= 0.6 is 45.9 Å². The Morgan fingerprint density at radius 1 is 1.19 bits per heavy atom. The lowest BCUT2D eigenvalue weighted by molar-refractivity contribution is 0.0479. The van der Waals surface area contributed by atoms with Crippen LogP contribution in [0.5, 0.6) is 5.75 Å². The SMILES string of the molecule is COc1ccc2c(Cl)c(C(=O)OCC(=O)c3cc(C)n(-c4nccs4)c3C)sc2c1Cl. The van der Waals surface area contributed by atoms with E-state index in [9.17, 15) is 9.59 Å². The van der Waals surface area contributed by atoms with Gasteiger partial charge in [-0.05, 0) is 32.0 Å². The Hall–Kier alpha value is -2.39. The van der Waals surface area contributed by atoms with Gasteiger partial charge in [0, 0.05) is 33.9 Å². The molecule has 31 heavy (non-hydrogen) atoms. The molecular weight excluding hydrogens is 479 g/mol. The van der Waals surface area contributed by atoms with Crippen molar-refractivity contribution in [2.24, 2.45) is 0 Å². The summed E-state index contributed by atoms with van der Waals surface area (Å²) in [6, 6.07) is 5.18. The number of fused-ring (bicyclic) bond motifs is 1. The summed E-state index contributed by atoms with van der Waals surface area (Å²) in [6.07, 6.45) is 1.71. The number of ether oxygens (including phenoxy) is 2. The lowest BCUT2D eigenvalue weighted by atomic mass is 10.1. The third-order valence-electron chi connectivity index (χ3n) is 4.78. The Kier molecular flexibility index (Phi) is 6.07. The van der Waals surface area contributed by atoms with Gasteiger partial charge in [0.25, 0.3) is 0 Å². The maximum absolute atomic E-state index is 12.8. The van der Waals surface area contributed by atoms with E-state index in [4.69, 9.17) is 32.7 Å². The molecule has 0 N–H and O–H groups in total. The zero-order chi connectivity index (χ0) is 22.3. The van der Waals surface area contributed by atoms with Crippen molar-refractivity contribution in [3.63, 3.8) is 0 Å². The first-order chi connectivity index (χ1) is 14.8. The second-order valence-electron chi connectivity index (χ2n) is 6.64. The molecular formula is C21H16Cl2N2O4S2. The maximum atomic E-state index is 12.8. The minimum atomic E-state index is -0.677. The monoisotopic (exact) mass is 494 g/mol. The van der Waals surface area contributed by atoms with Crippen LogP contribution < -0.4 is 4.74 Å². The molecule has 3 heterocycles. The number of benzene rings is 1. The van der Waals surface area contributed by atoms with Crippen molar-refractivity contribution in [3.8, 4) is 10.9 Å². The minimum Gasteiger partial charge on any atom is -0.495 e. The molecule has 0 aliphatic rings. The van der Waals surface area contributed by atoms with Crippen LogP contribution in [0.4, 0.5) is 0 Å². The van der Waals surface area contributed by atoms with Crippen molar-refractivity contribution in [2.75, 3.05) is 13.7 Å². The first-order valence-corrected chi connectivity index (χ1v) is 11.5. The second-order valence-corrected chi connectivity index (χ2v) is 9.29. The van der Waals surface area contributed by atoms with Gasteiger partial charge in [-0.2, -0.15) is 0 Å². The van der Waals surface area contributed by atoms with Crippen molar-refractivity contribution in [1.29, 1.82) is 0 Å². The molecule has 0 fully saturated rings. The summed E-state index contributed by atoms with van der Waals surface area (Å²) in [4.78, 5) is 29.9. The average Bonchev–Trinajstić information content (AvgIpc) is 3.45. The lowest BCUT2D eigenvalue weighted by Gasteiger charge is -2.06. The molecule has 0 unspecified atom stereocenters. The van der Waals surface area contributed by atoms with Gasteiger partial charge in [0.05, 0.1) is 16.8 Å². The third kappa shape index (κ3) is 3.85. The van der Waals surface area contributed by atoms with E-state index in [1.807, 2.05) is 23.8 Å². The number of esters is 1. The van der Waals surface area contributed by atoms with Crippen molar-refractivity contribution in [1.82, 2.24) is 9.55 Å². The summed E-state index contributed by atoms with van der Waals surface area (Å²) >= 11 is 15.3. The van der Waals surface area contributed by atoms with Gasteiger partial charge in [0.15, 0.2) is 11.7 Å². The van der Waals surface area contributed by atoms with Crippen LogP contribution in [0.2, 0.25) is 10.0 Å². The molecule has 3 aromatic heterocycles. The number of thiophene rings is 1. The number of thiazole rings is 1. The highest BCUT2D eigenvalue weighted by atomic mass is 35.5. The molecule has 0 amide bonds. The van der Waals surface area contributed by atoms with Crippen LogP contribution in [0.3, 0.4) is 0 Å². The van der Waals surface area contributed by atoms with E-state index in [2.05, 4.69) is 4.98 Å². The summed E-state index contributed by atoms with van der Waals surface area (Å²) in [5.74, 6) is -0.498. The van der Waals surface area contributed by atoms with E-state index < -0.39 is 12.6 Å². The van der Waals surface area contributed by atoms with E-state index in [0.717, 1.165) is 27.9 Å². The van der Waals surface area contributed by atoms with Gasteiger partial charge in [-0.3, -0.25) is 9.36 Å². The Labute approximate surface area is 195 Å². The predicted molar refractivity (Wildman–Crippen MR) is 124 cm³/mol. The van der Waals surface area contributed by atoms with Crippen LogP contribution in [0.15, 0.2) is 29.8 Å². The van der Waals surface area contributed by atoms with Crippen molar-refractivity contribution in [3.05, 3.63) is 61.6 Å². The molecule has 0 radical (unpaired) electrons. The number of rotatable bonds is 6. The smallest absolute Gasteiger partial charge is 0.350 e. The van der Waals surface area contributed by atoms with Crippen molar-refractivity contribution >= 4 is 67.7 Å². The highest BCUT2D eigenvalue weighted by Crippen LogP contribution is 2.43. The largest absolute Gasteiger partial charge is 0.495 e. The number of nitrogens with zero attached hydrogens (tertiary/aromatic N) is 2. The number of ketones is 1. The first-order valence-electron chi connectivity index (χ1n) is 9.07. The normalized spacial score (nSPS) is 11.1. The first kappa shape index (κ1) is 21.8. The van der Waals surface area contributed by atoms with Gasteiger partial charge in [-0.1, -0.05) is 23.2 Å². The summed E-state index contributed by atoms with van der Waals surface area (Å²) in [7, 11) is 1.51. The lowest BCUT2D eigenvalue weighted by Crippen LogP contribution is -2.14. The van der Waals surface area contributed by atoms with E-state index >= 15 is 0 Å². The van der Waals surface area contributed by atoms with Crippen LogP contribution in [0, 0.1) is 13.8 Å². The average molecular weight is 495 g/mol. The number of carbonyl (C=O) groups is 2. The summed E-state index contributed by atoms with van der Waals surface area (Å²) in [5.41, 5.74) is 2.10. The molecule has 1 aromatic carbocycles. The Morgan fingerprint density at radius 2 is 1.97 bits per heavy atom. The number of aromatic nitrogens is 2. The fraction of sp³-hybridized carbons (Fsp3) is 0.190. The molecule has 6 nitrogen and oxygen atoms in total. The van der Waals surface area contributed by atoms with Crippen LogP contribution in [0.1, 0.15) is 31.4 Å². The zero-order valence-corrected chi connectivity index (χ0v) is 19.8. The Morgan fingerprint density at radius 3 is 2.65 bits per heavy atom. The van der Waals surface area contributed by atoms with Crippen LogP contribution in [-0.4, -0.2) is 35.0 Å². The van der Waals surface area contributed by atoms with Crippen LogP contribution in [-0.2, 0) is 4.74 Å². The van der Waals surface area contributed by atoms with Gasteiger partial charge < -0.3 is 9.47 Å². The third-order valence-corrected chi connectivity index (χ3v) is 7.74. The number of hydrogen-bond acceptors (Lipinski definition) is 7. The molecule has 0 saturated carbocycles. The predicted octanol–water partition coefficient (Wildman–Crippen LogP) is 6.12. The minimum absolute atomic E-state index is 0.188. The highest BCUT2D eigenvalue weighted by Gasteiger charge is 2.24. The molecule has 0 spiro atoms. The van der Waals surface area contributed by atoms with E-state index in [1.54, 1.807) is 24.4 Å². The Balaban J connectivity index is 1.55. The van der Waals surface area contributed by atoms with Crippen molar-refractivity contribution in [2.45, 2.75) is 13.8 Å². The Bertz CT molecular complexity index is 1310. The number of Topliss-reactive ketones (excluding diaryl/α,β-unsaturated/α-hetero) is 1. The second kappa shape index (κ2) is 8.63. The number of methoxy groups -OCH3 is 1. The summed E-state index contributed by atoms with van der Waals surface area (Å²) in [5, 5.41) is 3.88. The topological polar surface area (TPSA) is 70.4 Å². The molecule has 0 atom stereocenters. The van der Waals surface area contributed by atoms with Gasteiger partial charge >= 0.3 is 5.97 Å². The standard InChI is InChI=1S/C21H16Cl2N2O4S2/c1-10-8-13(11(2)25(10)21-24-6-7-30-21)14(26)9-29-20(27)19-16(22)12-4-5-15(28-3)17(23)18(12)31-19/h4-8H,9H2,1-3H3. The number of hydrogen-bond donors (Lipinski definition) is 0. The van der Waals surface area contributed by atoms with Gasteiger partial charge in [-0.25, -0.2) is 9.78 Å². The fourth-order valence-corrected chi connectivity index (χ4v) is 5.84. The maximum Gasteiger partial charge on any atom is 0.350 e. The van der Waals surface area contributed by atoms with Gasteiger partial charge in [0.1, 0.15) is 15.6 Å². The van der Waals surface area contributed by atoms with Crippen molar-refractivity contribution < 1.29 is 19.1 Å². The summed E-state index contributed by atoms with van der Waals surface area (Å²) < 4.78 is 13.0. The van der Waals surface area contributed by atoms with E-state index in [1.165, 1.54) is 18.4 Å². The van der Waals surface area contributed by atoms with Gasteiger partial charge in [-0.15, -0.1) is 22.7 Å². The van der Waals surface area contributed by atoms with E-state index in [-0.39, 0.29) is 15.7 Å². The quantitative estimate of drug-likeness (QED) is 0.238. The highest BCUT2D eigenvalue weighted by molar-refractivity contribution is 7.22. The zero-order valence-electron chi connectivity index (χ0n) is 16.7. The summed E-state index contributed by atoms with van der Waals surface area (Å²) in [6.45, 7) is 3.33. The molecule has 10 heteroatoms. The molecule has 4 rings (SSSR count). The fourth-order valence-electron chi connectivity index (χ4n) is 3.31. The van der Waals surface area contributed by atoms with Crippen LogP contribution in [0.25, 0.3) is 15.2 Å². The molecule has 0 aliphatic carbocycles.